The van der Waals surface area contributed by atoms with Crippen molar-refractivity contribution in [2.75, 3.05) is 7.11 Å². The fourth-order valence-electron chi connectivity index (χ4n) is 2.05. The van der Waals surface area contributed by atoms with E-state index in [1.165, 1.54) is 5.56 Å². The van der Waals surface area contributed by atoms with Gasteiger partial charge in [0.05, 0.1) is 12.4 Å². The second-order valence-electron chi connectivity index (χ2n) is 5.08. The summed E-state index contributed by atoms with van der Waals surface area (Å²) in [6.07, 6.45) is 0. The maximum absolute atomic E-state index is 12.2. The summed E-state index contributed by atoms with van der Waals surface area (Å²) in [5.74, 6) is 0.866. The Kier molecular flexibility index (Phi) is 5.90. The molecule has 4 heteroatoms. The summed E-state index contributed by atoms with van der Waals surface area (Å²) in [5.41, 5.74) is 2.34. The maximum atomic E-state index is 12.2. The van der Waals surface area contributed by atoms with Crippen molar-refractivity contribution in [2.24, 2.45) is 0 Å². The summed E-state index contributed by atoms with van der Waals surface area (Å²) in [5, 5.41) is 2.86. The molecule has 1 amide bonds. The Labute approximate surface area is 136 Å². The van der Waals surface area contributed by atoms with Crippen LogP contribution in [0.2, 0.25) is 0 Å². The maximum Gasteiger partial charge on any atom is 0.233 e. The van der Waals surface area contributed by atoms with E-state index in [1.54, 1.807) is 18.9 Å². The molecule has 0 fully saturated rings. The molecular formula is C18H21NO2S. The molecule has 0 bridgehead atoms. The van der Waals surface area contributed by atoms with E-state index in [0.29, 0.717) is 6.54 Å². The van der Waals surface area contributed by atoms with Gasteiger partial charge < -0.3 is 10.1 Å². The van der Waals surface area contributed by atoms with Crippen LogP contribution in [0.4, 0.5) is 0 Å². The number of hydrogen-bond donors (Lipinski definition) is 1. The SMILES string of the molecule is COc1ccc(SC(C)C(=O)NCc2ccccc2C)cc1. The Bertz CT molecular complexity index is 625. The summed E-state index contributed by atoms with van der Waals surface area (Å²) in [6, 6.07) is 15.8. The molecule has 2 aromatic carbocycles. The molecule has 116 valence electrons. The molecule has 0 aliphatic heterocycles. The quantitative estimate of drug-likeness (QED) is 0.824. The van der Waals surface area contributed by atoms with Gasteiger partial charge in [-0.25, -0.2) is 0 Å². The first kappa shape index (κ1) is 16.4. The molecule has 0 saturated heterocycles. The minimum absolute atomic E-state index is 0.0454. The average molecular weight is 315 g/mol. The first-order valence-corrected chi connectivity index (χ1v) is 8.11. The third-order valence-electron chi connectivity index (χ3n) is 3.46. The molecule has 0 spiro atoms. The molecule has 3 nitrogen and oxygen atoms in total. The number of hydrogen-bond acceptors (Lipinski definition) is 3. The van der Waals surface area contributed by atoms with Gasteiger partial charge in [0.15, 0.2) is 0 Å². The summed E-state index contributed by atoms with van der Waals surface area (Å²) in [4.78, 5) is 13.3. The van der Waals surface area contributed by atoms with Gasteiger partial charge in [-0.15, -0.1) is 11.8 Å². The topological polar surface area (TPSA) is 38.3 Å². The van der Waals surface area contributed by atoms with E-state index in [0.717, 1.165) is 16.2 Å². The van der Waals surface area contributed by atoms with Crippen molar-refractivity contribution in [3.8, 4) is 5.75 Å². The van der Waals surface area contributed by atoms with Crippen LogP contribution in [-0.2, 0) is 11.3 Å². The Morgan fingerprint density at radius 3 is 2.50 bits per heavy atom. The third-order valence-corrected chi connectivity index (χ3v) is 4.57. The molecule has 0 saturated carbocycles. The largest absolute Gasteiger partial charge is 0.497 e. The van der Waals surface area contributed by atoms with Gasteiger partial charge in [0.2, 0.25) is 5.91 Å². The van der Waals surface area contributed by atoms with Crippen LogP contribution in [-0.4, -0.2) is 18.3 Å². The van der Waals surface area contributed by atoms with Crippen molar-refractivity contribution in [1.82, 2.24) is 5.32 Å². The summed E-state index contributed by atoms with van der Waals surface area (Å²) in [7, 11) is 1.64. The van der Waals surface area contributed by atoms with Gasteiger partial charge in [-0.05, 0) is 49.2 Å². The lowest BCUT2D eigenvalue weighted by Gasteiger charge is -2.13. The van der Waals surface area contributed by atoms with Crippen LogP contribution in [0.25, 0.3) is 0 Å². The molecule has 0 aliphatic rings. The molecule has 22 heavy (non-hydrogen) atoms. The summed E-state index contributed by atoms with van der Waals surface area (Å²) < 4.78 is 5.13. The van der Waals surface area contributed by atoms with Gasteiger partial charge in [-0.3, -0.25) is 4.79 Å². The highest BCUT2D eigenvalue weighted by molar-refractivity contribution is 8.00. The zero-order chi connectivity index (χ0) is 15.9. The number of nitrogens with one attached hydrogen (secondary N) is 1. The number of carbonyl (C=O) groups excluding carboxylic acids is 1. The zero-order valence-electron chi connectivity index (χ0n) is 13.1. The Morgan fingerprint density at radius 1 is 1.18 bits per heavy atom. The summed E-state index contributed by atoms with van der Waals surface area (Å²) >= 11 is 1.54. The predicted octanol–water partition coefficient (Wildman–Crippen LogP) is 3.80. The van der Waals surface area contributed by atoms with Crippen LogP contribution in [0, 0.1) is 6.92 Å². The third kappa shape index (κ3) is 4.53. The second-order valence-corrected chi connectivity index (χ2v) is 6.49. The number of ether oxygens (including phenoxy) is 1. The van der Waals surface area contributed by atoms with Crippen molar-refractivity contribution in [3.63, 3.8) is 0 Å². The number of carbonyl (C=O) groups is 1. The number of rotatable bonds is 6. The molecule has 1 atom stereocenters. The van der Waals surface area contributed by atoms with Crippen LogP contribution in [0.1, 0.15) is 18.1 Å². The molecule has 0 heterocycles. The number of amides is 1. The molecule has 1 unspecified atom stereocenters. The van der Waals surface area contributed by atoms with Gasteiger partial charge >= 0.3 is 0 Å². The fourth-order valence-corrected chi connectivity index (χ4v) is 2.94. The van der Waals surface area contributed by atoms with E-state index < -0.39 is 0 Å². The van der Waals surface area contributed by atoms with Crippen molar-refractivity contribution < 1.29 is 9.53 Å². The lowest BCUT2D eigenvalue weighted by Crippen LogP contribution is -2.30. The molecule has 1 N–H and O–H groups in total. The Balaban J connectivity index is 1.87. The molecule has 2 rings (SSSR count). The molecule has 0 radical (unpaired) electrons. The van der Waals surface area contributed by atoms with Crippen molar-refractivity contribution in [3.05, 3.63) is 59.7 Å². The van der Waals surface area contributed by atoms with Gasteiger partial charge in [-0.2, -0.15) is 0 Å². The van der Waals surface area contributed by atoms with Gasteiger partial charge in [0.1, 0.15) is 5.75 Å². The lowest BCUT2D eigenvalue weighted by atomic mass is 10.1. The van der Waals surface area contributed by atoms with Crippen LogP contribution >= 0.6 is 11.8 Å². The summed E-state index contributed by atoms with van der Waals surface area (Å²) in [6.45, 7) is 4.54. The van der Waals surface area contributed by atoms with E-state index in [-0.39, 0.29) is 11.2 Å². The number of aryl methyl sites for hydroxylation is 1. The highest BCUT2D eigenvalue weighted by Crippen LogP contribution is 2.25. The Hall–Kier alpha value is -1.94. The van der Waals surface area contributed by atoms with Crippen LogP contribution in [0.3, 0.4) is 0 Å². The first-order valence-electron chi connectivity index (χ1n) is 7.23. The Morgan fingerprint density at radius 2 is 1.86 bits per heavy atom. The lowest BCUT2D eigenvalue weighted by molar-refractivity contribution is -0.120. The normalized spacial score (nSPS) is 11.8. The fraction of sp³-hybridized carbons (Fsp3) is 0.278. The smallest absolute Gasteiger partial charge is 0.233 e. The van der Waals surface area contributed by atoms with E-state index in [9.17, 15) is 4.79 Å². The second kappa shape index (κ2) is 7.90. The van der Waals surface area contributed by atoms with E-state index in [2.05, 4.69) is 18.3 Å². The van der Waals surface area contributed by atoms with Crippen molar-refractivity contribution >= 4 is 17.7 Å². The number of methoxy groups -OCH3 is 1. The molecular weight excluding hydrogens is 294 g/mol. The van der Waals surface area contributed by atoms with Crippen LogP contribution < -0.4 is 10.1 Å². The minimum Gasteiger partial charge on any atom is -0.497 e. The van der Waals surface area contributed by atoms with Crippen LogP contribution in [0.5, 0.6) is 5.75 Å². The molecule has 0 aromatic heterocycles. The van der Waals surface area contributed by atoms with E-state index in [4.69, 9.17) is 4.74 Å². The number of benzene rings is 2. The van der Waals surface area contributed by atoms with E-state index >= 15 is 0 Å². The van der Waals surface area contributed by atoms with Crippen molar-refractivity contribution in [2.45, 2.75) is 30.5 Å². The average Bonchev–Trinajstić information content (AvgIpc) is 2.54. The zero-order valence-corrected chi connectivity index (χ0v) is 13.9. The predicted molar refractivity (Wildman–Crippen MR) is 91.3 cm³/mol. The molecule has 2 aromatic rings. The van der Waals surface area contributed by atoms with Gasteiger partial charge in [0, 0.05) is 11.4 Å². The molecule has 0 aliphatic carbocycles. The first-order chi connectivity index (χ1) is 10.6. The van der Waals surface area contributed by atoms with Crippen molar-refractivity contribution in [1.29, 1.82) is 0 Å². The minimum atomic E-state index is -0.141. The monoisotopic (exact) mass is 315 g/mol. The van der Waals surface area contributed by atoms with Gasteiger partial charge in [-0.1, -0.05) is 24.3 Å². The highest BCUT2D eigenvalue weighted by atomic mass is 32.2. The standard InChI is InChI=1S/C18H21NO2S/c1-13-6-4-5-7-15(13)12-19-18(20)14(2)22-17-10-8-16(21-3)9-11-17/h4-11,14H,12H2,1-3H3,(H,19,20). The van der Waals surface area contributed by atoms with E-state index in [1.807, 2.05) is 49.4 Å². The number of thioether (sulfide) groups is 1. The van der Waals surface area contributed by atoms with Gasteiger partial charge in [0.25, 0.3) is 0 Å². The highest BCUT2D eigenvalue weighted by Gasteiger charge is 2.14. The van der Waals surface area contributed by atoms with Crippen LogP contribution in [0.15, 0.2) is 53.4 Å².